The molecule has 7 aliphatic heterocycles. The summed E-state index contributed by atoms with van der Waals surface area (Å²) in [6, 6.07) is 117. The van der Waals surface area contributed by atoms with Gasteiger partial charge in [0, 0.05) is 74.6 Å². The molecule has 0 saturated carbocycles. The van der Waals surface area contributed by atoms with E-state index in [4.69, 9.17) is 9.31 Å². The van der Waals surface area contributed by atoms with Gasteiger partial charge >= 0.3 is 7.12 Å². The van der Waals surface area contributed by atoms with Crippen molar-refractivity contribution >= 4 is 337 Å². The van der Waals surface area contributed by atoms with Gasteiger partial charge in [0.25, 0.3) is 0 Å². The van der Waals surface area contributed by atoms with Crippen molar-refractivity contribution in [3.8, 4) is 89.0 Å². The highest BCUT2D eigenvalue weighted by molar-refractivity contribution is 14.1. The number of hydrogen-bond acceptors (Lipinski definition) is 3. The maximum atomic E-state index is 5.49. The van der Waals surface area contributed by atoms with Gasteiger partial charge in [-0.25, -0.2) is 0 Å². The summed E-state index contributed by atoms with van der Waals surface area (Å²) >= 11 is 33.3. The topological polar surface area (TPSA) is 21.7 Å². The second-order valence-corrected chi connectivity index (χ2v) is 73.8. The van der Waals surface area contributed by atoms with E-state index in [0.29, 0.717) is 0 Å². The molecule has 21 heteroatoms. The Morgan fingerprint density at radius 2 is 0.518 bits per heavy atom. The molecule has 0 amide bonds. The third-order valence-corrected chi connectivity index (χ3v) is 57.9. The van der Waals surface area contributed by atoms with Gasteiger partial charge in [-0.2, -0.15) is 0 Å². The molecule has 0 atom stereocenters. The van der Waals surface area contributed by atoms with E-state index in [1.807, 2.05) is 48.5 Å². The first-order chi connectivity index (χ1) is 63.5. The summed E-state index contributed by atoms with van der Waals surface area (Å²) in [5.41, 5.74) is 29.6. The largest absolute Gasteiger partial charge is 0.495 e. The Balaban J connectivity index is 0.000000145. The van der Waals surface area contributed by atoms with Crippen molar-refractivity contribution in [1.29, 1.82) is 0 Å². The molecule has 0 bridgehead atoms. The van der Waals surface area contributed by atoms with Crippen LogP contribution in [0.5, 0.6) is 0 Å². The Hall–Kier alpha value is -5.36. The maximum Gasteiger partial charge on any atom is 0.495 e. The van der Waals surface area contributed by atoms with Crippen LogP contribution in [0.15, 0.2) is 351 Å². The van der Waals surface area contributed by atoms with Gasteiger partial charge in [-0.05, 0) is 363 Å². The van der Waals surface area contributed by atoms with Gasteiger partial charge in [-0.15, -0.1) is 24.0 Å². The van der Waals surface area contributed by atoms with E-state index >= 15 is 0 Å². The van der Waals surface area contributed by atoms with Crippen LogP contribution in [0.25, 0.3) is 89.0 Å². The maximum absolute atomic E-state index is 5.49. The first kappa shape index (κ1) is 107. The highest BCUT2D eigenvalue weighted by Crippen LogP contribution is 2.46. The van der Waals surface area contributed by atoms with Crippen molar-refractivity contribution in [3.63, 3.8) is 0 Å². The van der Waals surface area contributed by atoms with Crippen molar-refractivity contribution in [2.75, 3.05) is 18.1 Å². The van der Waals surface area contributed by atoms with E-state index in [9.17, 15) is 0 Å². The lowest BCUT2D eigenvalue weighted by Crippen LogP contribution is -2.54. The Kier molecular flexibility index (Phi) is 33.8. The van der Waals surface area contributed by atoms with Crippen LogP contribution in [0.4, 0.5) is 17.1 Å². The average Bonchev–Trinajstić information content (AvgIpc) is 1.55. The van der Waals surface area contributed by atoms with Crippen LogP contribution in [0, 0.1) is 21.0 Å². The van der Waals surface area contributed by atoms with Crippen molar-refractivity contribution in [2.24, 2.45) is 0 Å². The smallest absolute Gasteiger partial charge is 0.407 e. The van der Waals surface area contributed by atoms with E-state index in [2.05, 4.69) is 537 Å². The van der Waals surface area contributed by atoms with Crippen molar-refractivity contribution in [3.05, 3.63) is 370 Å². The summed E-state index contributed by atoms with van der Waals surface area (Å²) in [6.45, 7) is 36.1. The van der Waals surface area contributed by atoms with Crippen LogP contribution < -0.4 is 72.6 Å². The molecule has 16 aromatic rings. The predicted molar refractivity (Wildman–Crippen MR) is 673 cm³/mol. The number of anilines is 3. The molecule has 700 valence electrons. The van der Waals surface area contributed by atoms with Gasteiger partial charge in [0.2, 0.25) is 0 Å². The van der Waals surface area contributed by atoms with Crippen LogP contribution in [-0.4, -0.2) is 68.8 Å². The average molecular weight is 2750 g/mol. The Bertz CT molecular complexity index is 7100. The van der Waals surface area contributed by atoms with E-state index in [1.54, 1.807) is 62.2 Å². The lowest BCUT2D eigenvalue weighted by atomic mass is 9.78. The molecule has 7 aliphatic rings. The van der Waals surface area contributed by atoms with Crippen LogP contribution in [0.3, 0.4) is 0 Å². The molecular weight excluding hydrogens is 2640 g/mol. The molecule has 23 rings (SSSR count). The monoisotopic (exact) mass is 2740 g/mol. The zero-order valence-electron chi connectivity index (χ0n) is 77.2. The molecule has 3 nitrogen and oxygen atoms in total. The minimum atomic E-state index is -1.89. The van der Waals surface area contributed by atoms with Crippen molar-refractivity contribution in [1.82, 2.24) is 0 Å². The summed E-state index contributed by atoms with van der Waals surface area (Å²) in [4.78, 5) is 2.42. The van der Waals surface area contributed by atoms with Crippen LogP contribution >= 0.6 is 197 Å². The van der Waals surface area contributed by atoms with Crippen molar-refractivity contribution in [2.45, 2.75) is 121 Å². The van der Waals surface area contributed by atoms with E-state index in [-0.39, 0.29) is 54.8 Å². The zero-order chi connectivity index (χ0) is 93.9. The number of benzene rings is 16. The number of rotatable bonds is 6. The standard InChI is InChI=1S/C36H35NSi2.C22H21BrSi2.C22H22Si2.C18H10Br4.C9H10BBrO2.C6H2Br2I2.3CH4.HI.H2/c1-24-11-15-26(16-12-24)37(27-17-13-25(2)14-18-27)28-19-20-30-32-22-31-29-9-7-8-10-33(29)38(3,4)35(31)23-36(32)39(5,6)34(30)21-28;1-24(2)19-8-6-5-7-15(19)17-12-18-16-10-9-14(23)11-20(16)25(3,4)22(18)13-21(17)24;1-23(2)19-11-7-5-9-15(19)17-13-18-16-10-6-8-12-20(16)24(3,4)22(18)14-21(17)23;19-15-7-3-1-5-11(15)13-9-14(18(22)10-17(13)21)12-6-2-4-8-16(12)20;11-9-5-2-1-4-8(9)10-12-6-3-7-13-10;7-3-1-4(8)6(10)2-5(3)9;;;;;/h7-23H,1-6H3;5-13H,1-4H3;5-14H,1-4H3;1-10H;1-2,4-5H,3,6-7H2;1-2H;3*1H4;2*1H. The fraction of sp³-hybridized carbons (Fsp3) is 0.172. The molecule has 1 fully saturated rings. The number of fused-ring (bicyclic) bond motifs is 18. The van der Waals surface area contributed by atoms with Crippen LogP contribution in [0.2, 0.25) is 78.6 Å². The summed E-state index contributed by atoms with van der Waals surface area (Å²) in [5, 5.41) is 19.3. The minimum absolute atomic E-state index is 0. The van der Waals surface area contributed by atoms with Gasteiger partial charge in [0.05, 0.1) is 0 Å². The number of nitrogens with zero attached hydrogens (tertiary/aromatic N) is 1. The third-order valence-electron chi connectivity index (χ3n) is 28.2. The van der Waals surface area contributed by atoms with Gasteiger partial charge in [-0.1, -0.05) is 414 Å². The van der Waals surface area contributed by atoms with Gasteiger partial charge in [-0.3, -0.25) is 0 Å². The van der Waals surface area contributed by atoms with Gasteiger partial charge < -0.3 is 14.2 Å². The van der Waals surface area contributed by atoms with E-state index in [1.165, 1.54) is 107 Å². The molecule has 16 aromatic carbocycles. The first-order valence-electron chi connectivity index (χ1n) is 45.1. The Labute approximate surface area is 933 Å². The van der Waals surface area contributed by atoms with E-state index < -0.39 is 48.4 Å². The summed E-state index contributed by atoms with van der Waals surface area (Å²) in [6.07, 6.45) is 0.987. The van der Waals surface area contributed by atoms with Crippen molar-refractivity contribution < 1.29 is 10.7 Å². The van der Waals surface area contributed by atoms with E-state index in [0.717, 1.165) is 78.7 Å². The molecule has 7 heterocycles. The highest BCUT2D eigenvalue weighted by Gasteiger charge is 2.48. The number of halogens is 11. The molecule has 1 saturated heterocycles. The minimum Gasteiger partial charge on any atom is -0.407 e. The lowest BCUT2D eigenvalue weighted by molar-refractivity contribution is 0.143. The fourth-order valence-electron chi connectivity index (χ4n) is 20.8. The fourth-order valence-corrected chi connectivity index (χ4v) is 45.7. The molecule has 0 N–H and O–H groups in total. The predicted octanol–water partition coefficient (Wildman–Crippen LogP) is 31.6. The van der Waals surface area contributed by atoms with Gasteiger partial charge in [0.1, 0.15) is 48.4 Å². The lowest BCUT2D eigenvalue weighted by Gasteiger charge is -2.28. The number of hydrogen-bond donors (Lipinski definition) is 0. The van der Waals surface area contributed by atoms with Crippen LogP contribution in [0.1, 0.15) is 41.3 Å². The Morgan fingerprint density at radius 1 is 0.248 bits per heavy atom. The molecule has 0 aromatic heterocycles. The second-order valence-electron chi connectivity index (χ2n) is 38.6. The zero-order valence-corrected chi connectivity index (χ0v) is 103. The molecule has 0 aliphatic carbocycles. The molecular formula is C116H115BBr8I3NO2Si6. The first-order valence-corrected chi connectivity index (χ1v) is 71.6. The second kappa shape index (κ2) is 43.1. The number of aryl methyl sites for hydroxylation is 2. The summed E-state index contributed by atoms with van der Waals surface area (Å²) in [5.74, 6) is 0. The Morgan fingerprint density at radius 3 is 0.861 bits per heavy atom. The molecule has 0 spiro atoms. The molecule has 0 unspecified atom stereocenters. The van der Waals surface area contributed by atoms with Crippen LogP contribution in [-0.2, 0) is 9.31 Å². The normalized spacial score (nSPS) is 14.8. The third kappa shape index (κ3) is 20.4. The highest BCUT2D eigenvalue weighted by atomic mass is 127. The SMILES string of the molecule is Brc1cc(Br)c(I)cc1I.Brc1ccccc1-c1cc(-c2ccccc2Br)c(Br)cc1Br.Brc1ccccc1B1OCCCO1.C.C.C.C[Si]1(C)c2ccccc2-c2cc3c(cc21)[Si](C)(C)c1cc(Br)ccc1-3.C[Si]1(C)c2ccccc2-c2cc3c(cc21)[Si](C)(C)c1ccccc1-3.Cc1ccc(N(c2ccc(C)cc2)c2ccc3c(c2)[Si](C)(C)c2cc4c(cc2-3)-c2ccccc2[Si]4(C)C)cc1.I.[HH]. The van der Waals surface area contributed by atoms with Gasteiger partial charge in [0.15, 0.2) is 0 Å². The molecule has 0 radical (unpaired) electrons. The summed E-state index contributed by atoms with van der Waals surface area (Å²) in [7, 11) is -10.1. The quantitative estimate of drug-likeness (QED) is 0.0941. The molecule has 137 heavy (non-hydrogen) atoms. The summed E-state index contributed by atoms with van der Waals surface area (Å²) < 4.78 is 22.3.